The van der Waals surface area contributed by atoms with E-state index in [1.807, 2.05) is 20.8 Å². The van der Waals surface area contributed by atoms with Crippen molar-refractivity contribution in [2.75, 3.05) is 32.1 Å². The van der Waals surface area contributed by atoms with Crippen molar-refractivity contribution >= 4 is 17.6 Å². The summed E-state index contributed by atoms with van der Waals surface area (Å²) in [5, 5.41) is 12.5. The van der Waals surface area contributed by atoms with Gasteiger partial charge >= 0.3 is 6.03 Å². The predicted molar refractivity (Wildman–Crippen MR) is 135 cm³/mol. The SMILES string of the molecule is CC(C)C#Cc1cnc2c(c1)C(=O)N([C@@H](C)CO)C[C@H](C)[C@@H](CN(C)C(=O)Nc1ccc(F)cc1)O2. The van der Waals surface area contributed by atoms with Gasteiger partial charge in [0, 0.05) is 42.9 Å². The Morgan fingerprint density at radius 1 is 1.33 bits per heavy atom. The number of carbonyl (C=O) groups excluding carboxylic acids is 2. The number of anilines is 1. The number of hydrogen-bond donors (Lipinski definition) is 2. The van der Waals surface area contributed by atoms with Gasteiger partial charge in [-0.05, 0) is 37.3 Å². The monoisotopic (exact) mass is 496 g/mol. The maximum Gasteiger partial charge on any atom is 0.321 e. The van der Waals surface area contributed by atoms with Gasteiger partial charge in [-0.25, -0.2) is 14.2 Å². The van der Waals surface area contributed by atoms with E-state index in [9.17, 15) is 19.1 Å². The number of nitrogens with one attached hydrogen (secondary N) is 1. The molecule has 1 aromatic heterocycles. The van der Waals surface area contributed by atoms with Gasteiger partial charge in [-0.15, -0.1) is 0 Å². The van der Waals surface area contributed by atoms with Crippen LogP contribution in [0.5, 0.6) is 5.88 Å². The van der Waals surface area contributed by atoms with Crippen LogP contribution < -0.4 is 10.1 Å². The highest BCUT2D eigenvalue weighted by Gasteiger charge is 2.34. The molecule has 1 aliphatic heterocycles. The van der Waals surface area contributed by atoms with Crippen LogP contribution >= 0.6 is 0 Å². The summed E-state index contributed by atoms with van der Waals surface area (Å²) in [5.41, 5.74) is 1.33. The molecule has 2 heterocycles. The van der Waals surface area contributed by atoms with Crippen LogP contribution in [0.4, 0.5) is 14.9 Å². The first-order valence-electron chi connectivity index (χ1n) is 12.0. The standard InChI is InChI=1S/C27H33FN4O4/c1-17(2)6-7-20-12-23-25(29-13-20)36-24(18(3)14-32(26(23)34)19(4)16-33)15-31(5)27(35)30-22-10-8-21(28)9-11-22/h8-13,17-19,24,33H,14-16H2,1-5H3,(H,30,35)/t18-,19-,24+/m0/s1. The lowest BCUT2D eigenvalue weighted by molar-refractivity contribution is 0.0356. The Kier molecular flexibility index (Phi) is 8.88. The Morgan fingerprint density at radius 3 is 2.67 bits per heavy atom. The lowest BCUT2D eigenvalue weighted by Crippen LogP contribution is -2.50. The molecule has 0 fully saturated rings. The minimum Gasteiger partial charge on any atom is -0.472 e. The third-order valence-corrected chi connectivity index (χ3v) is 5.92. The van der Waals surface area contributed by atoms with Crippen LogP contribution in [0.1, 0.15) is 43.6 Å². The van der Waals surface area contributed by atoms with Crippen molar-refractivity contribution in [3.8, 4) is 17.7 Å². The summed E-state index contributed by atoms with van der Waals surface area (Å²) in [5.74, 6) is 5.55. The second kappa shape index (κ2) is 11.9. The van der Waals surface area contributed by atoms with E-state index in [2.05, 4.69) is 22.1 Å². The van der Waals surface area contributed by atoms with Gasteiger partial charge in [-0.3, -0.25) is 4.79 Å². The van der Waals surface area contributed by atoms with E-state index >= 15 is 0 Å². The van der Waals surface area contributed by atoms with Gasteiger partial charge in [0.2, 0.25) is 5.88 Å². The van der Waals surface area contributed by atoms with E-state index in [4.69, 9.17) is 4.74 Å². The molecule has 9 heteroatoms. The highest BCUT2D eigenvalue weighted by atomic mass is 19.1. The van der Waals surface area contributed by atoms with Crippen LogP contribution in [0.15, 0.2) is 36.5 Å². The average molecular weight is 497 g/mol. The molecule has 3 atom stereocenters. The van der Waals surface area contributed by atoms with Crippen LogP contribution in [-0.4, -0.2) is 70.7 Å². The van der Waals surface area contributed by atoms with E-state index in [0.29, 0.717) is 17.8 Å². The topological polar surface area (TPSA) is 95.0 Å². The zero-order chi connectivity index (χ0) is 26.4. The van der Waals surface area contributed by atoms with Crippen molar-refractivity contribution in [1.29, 1.82) is 0 Å². The molecule has 3 amide bonds. The summed E-state index contributed by atoms with van der Waals surface area (Å²) in [4.78, 5) is 33.7. The third kappa shape index (κ3) is 6.73. The van der Waals surface area contributed by atoms with Gasteiger partial charge in [-0.1, -0.05) is 32.6 Å². The number of halogens is 1. The van der Waals surface area contributed by atoms with Gasteiger partial charge in [0.25, 0.3) is 5.91 Å². The number of pyridine rings is 1. The Labute approximate surface area is 211 Å². The largest absolute Gasteiger partial charge is 0.472 e. The highest BCUT2D eigenvalue weighted by molar-refractivity contribution is 5.97. The van der Waals surface area contributed by atoms with Gasteiger partial charge in [-0.2, -0.15) is 0 Å². The number of urea groups is 1. The predicted octanol–water partition coefficient (Wildman–Crippen LogP) is 3.61. The number of carbonyl (C=O) groups is 2. The molecule has 0 spiro atoms. The maximum absolute atomic E-state index is 13.4. The molecular weight excluding hydrogens is 463 g/mol. The lowest BCUT2D eigenvalue weighted by atomic mass is 10.00. The minimum atomic E-state index is -0.491. The van der Waals surface area contributed by atoms with E-state index in [0.717, 1.165) is 0 Å². The maximum atomic E-state index is 13.4. The number of benzene rings is 1. The van der Waals surface area contributed by atoms with Gasteiger partial charge in [0.15, 0.2) is 0 Å². The molecule has 0 aliphatic carbocycles. The first-order chi connectivity index (χ1) is 17.1. The number of fused-ring (bicyclic) bond motifs is 1. The van der Waals surface area contributed by atoms with Crippen LogP contribution in [0.25, 0.3) is 0 Å². The lowest BCUT2D eigenvalue weighted by Gasteiger charge is -2.37. The van der Waals surface area contributed by atoms with Crippen LogP contribution in [-0.2, 0) is 0 Å². The molecule has 2 aromatic rings. The zero-order valence-corrected chi connectivity index (χ0v) is 21.3. The summed E-state index contributed by atoms with van der Waals surface area (Å²) in [6.45, 7) is 7.98. The Morgan fingerprint density at radius 2 is 2.03 bits per heavy atom. The van der Waals surface area contributed by atoms with Gasteiger partial charge < -0.3 is 25.0 Å². The summed E-state index contributed by atoms with van der Waals surface area (Å²) >= 11 is 0. The third-order valence-electron chi connectivity index (χ3n) is 5.92. The van der Waals surface area contributed by atoms with Crippen molar-refractivity contribution in [2.45, 2.75) is 39.8 Å². The fourth-order valence-corrected chi connectivity index (χ4v) is 3.72. The number of ether oxygens (including phenoxy) is 1. The minimum absolute atomic E-state index is 0.159. The van der Waals surface area contributed by atoms with Crippen molar-refractivity contribution in [3.63, 3.8) is 0 Å². The number of likely N-dealkylation sites (N-methyl/N-ethyl adjacent to an activating group) is 1. The first kappa shape index (κ1) is 27.0. The normalized spacial score (nSPS) is 18.2. The Bertz CT molecular complexity index is 1140. The fraction of sp³-hybridized carbons (Fsp3) is 0.444. The summed E-state index contributed by atoms with van der Waals surface area (Å²) < 4.78 is 19.4. The fourth-order valence-electron chi connectivity index (χ4n) is 3.72. The molecule has 3 rings (SSSR count). The summed E-state index contributed by atoms with van der Waals surface area (Å²) in [7, 11) is 1.63. The van der Waals surface area contributed by atoms with Crippen LogP contribution in [0.3, 0.4) is 0 Å². The molecule has 0 unspecified atom stereocenters. The molecule has 0 bridgehead atoms. The number of amides is 3. The van der Waals surface area contributed by atoms with Crippen molar-refractivity contribution < 1.29 is 23.8 Å². The van der Waals surface area contributed by atoms with Crippen molar-refractivity contribution in [3.05, 3.63) is 53.5 Å². The van der Waals surface area contributed by atoms with Crippen LogP contribution in [0, 0.1) is 29.5 Å². The van der Waals surface area contributed by atoms with Crippen molar-refractivity contribution in [1.82, 2.24) is 14.8 Å². The van der Waals surface area contributed by atoms with Gasteiger partial charge in [0.05, 0.1) is 19.2 Å². The van der Waals surface area contributed by atoms with E-state index in [1.54, 1.807) is 31.1 Å². The molecule has 1 aliphatic rings. The van der Waals surface area contributed by atoms with Crippen LogP contribution in [0.2, 0.25) is 0 Å². The number of aliphatic hydroxyl groups is 1. The Hall–Kier alpha value is -3.64. The molecular formula is C27H33FN4O4. The van der Waals surface area contributed by atoms with Gasteiger partial charge in [0.1, 0.15) is 17.5 Å². The number of aliphatic hydroxyl groups excluding tert-OH is 1. The Balaban J connectivity index is 1.87. The molecule has 1 aromatic carbocycles. The van der Waals surface area contributed by atoms with Crippen molar-refractivity contribution in [2.24, 2.45) is 11.8 Å². The quantitative estimate of drug-likeness (QED) is 0.617. The number of rotatable bonds is 5. The van der Waals surface area contributed by atoms with E-state index < -0.39 is 12.1 Å². The van der Waals surface area contributed by atoms with E-state index in [-0.39, 0.29) is 54.2 Å². The zero-order valence-electron chi connectivity index (χ0n) is 21.3. The summed E-state index contributed by atoms with van der Waals surface area (Å²) in [6, 6.07) is 6.36. The number of aromatic nitrogens is 1. The second-order valence-electron chi connectivity index (χ2n) is 9.44. The first-order valence-corrected chi connectivity index (χ1v) is 12.0. The molecule has 36 heavy (non-hydrogen) atoms. The molecule has 192 valence electrons. The average Bonchev–Trinajstić information content (AvgIpc) is 2.85. The molecule has 0 saturated heterocycles. The highest BCUT2D eigenvalue weighted by Crippen LogP contribution is 2.27. The van der Waals surface area contributed by atoms with E-state index in [1.165, 1.54) is 29.2 Å². The summed E-state index contributed by atoms with van der Waals surface area (Å²) in [6.07, 6.45) is 1.07. The second-order valence-corrected chi connectivity index (χ2v) is 9.44. The molecule has 0 radical (unpaired) electrons. The molecule has 8 nitrogen and oxygen atoms in total. The smallest absolute Gasteiger partial charge is 0.321 e. The number of nitrogens with zero attached hydrogens (tertiary/aromatic N) is 3. The molecule has 2 N–H and O–H groups in total. The molecule has 0 saturated carbocycles. The number of hydrogen-bond acceptors (Lipinski definition) is 5.